The molecule has 2 rings (SSSR count). The first-order valence-corrected chi connectivity index (χ1v) is 7.15. The van der Waals surface area contributed by atoms with Crippen LogP contribution in [0.1, 0.15) is 24.5 Å². The Hall–Kier alpha value is -1.29. The van der Waals surface area contributed by atoms with Crippen molar-refractivity contribution in [3.63, 3.8) is 0 Å². The molecule has 0 radical (unpaired) electrons. The molecule has 0 aromatic heterocycles. The van der Waals surface area contributed by atoms with E-state index in [1.807, 2.05) is 39.0 Å². The first-order chi connectivity index (χ1) is 8.54. The minimum atomic E-state index is -0.206. The average molecular weight is 263 g/mol. The summed E-state index contributed by atoms with van der Waals surface area (Å²) in [4.78, 5) is 25.6. The number of carbonyl (C=O) groups excluding carboxylic acids is 2. The number of aryl methyl sites for hydroxylation is 2. The average Bonchev–Trinajstić information content (AvgIpc) is 2.59. The molecule has 0 N–H and O–H groups in total. The fourth-order valence-corrected chi connectivity index (χ4v) is 3.06. The van der Waals surface area contributed by atoms with Crippen molar-refractivity contribution in [2.45, 2.75) is 32.4 Å². The number of anilines is 1. The summed E-state index contributed by atoms with van der Waals surface area (Å²) in [6, 6.07) is 5.85. The van der Waals surface area contributed by atoms with Crippen molar-refractivity contribution in [3.8, 4) is 0 Å². The fraction of sp³-hybridized carbons (Fsp3) is 0.429. The number of hydrogen-bond acceptors (Lipinski definition) is 3. The summed E-state index contributed by atoms with van der Waals surface area (Å²) in [6.07, 6.45) is 0.324. The van der Waals surface area contributed by atoms with E-state index in [2.05, 4.69) is 0 Å². The number of imide groups is 1. The summed E-state index contributed by atoms with van der Waals surface area (Å²) < 4.78 is 0. The quantitative estimate of drug-likeness (QED) is 0.787. The molecule has 0 bridgehead atoms. The maximum atomic E-state index is 12.3. The van der Waals surface area contributed by atoms with Crippen molar-refractivity contribution >= 4 is 29.3 Å². The van der Waals surface area contributed by atoms with E-state index in [-0.39, 0.29) is 17.1 Å². The minimum absolute atomic E-state index is 0.0689. The Morgan fingerprint density at radius 1 is 1.33 bits per heavy atom. The van der Waals surface area contributed by atoms with Gasteiger partial charge < -0.3 is 0 Å². The molecule has 0 aliphatic carbocycles. The number of amides is 2. The molecule has 3 nitrogen and oxygen atoms in total. The SMILES string of the molecule is CCS[C@H]1CC(=O)N(c2cc(C)ccc2C)C1=O. The summed E-state index contributed by atoms with van der Waals surface area (Å²) in [5.74, 6) is 0.699. The molecule has 1 aromatic carbocycles. The second-order valence-electron chi connectivity index (χ2n) is 4.51. The van der Waals surface area contributed by atoms with Gasteiger partial charge in [-0.05, 0) is 36.8 Å². The first kappa shape index (κ1) is 13.1. The van der Waals surface area contributed by atoms with Gasteiger partial charge in [0.05, 0.1) is 10.9 Å². The highest BCUT2D eigenvalue weighted by Crippen LogP contribution is 2.31. The number of nitrogens with zero attached hydrogens (tertiary/aromatic N) is 1. The Kier molecular flexibility index (Phi) is 3.76. The van der Waals surface area contributed by atoms with Gasteiger partial charge in [0.15, 0.2) is 0 Å². The van der Waals surface area contributed by atoms with E-state index >= 15 is 0 Å². The molecule has 0 saturated carbocycles. The van der Waals surface area contributed by atoms with Gasteiger partial charge in [0, 0.05) is 6.42 Å². The van der Waals surface area contributed by atoms with E-state index < -0.39 is 0 Å². The van der Waals surface area contributed by atoms with Crippen LogP contribution in [-0.4, -0.2) is 22.8 Å². The van der Waals surface area contributed by atoms with Crippen LogP contribution in [0.3, 0.4) is 0 Å². The van der Waals surface area contributed by atoms with Crippen molar-refractivity contribution in [2.24, 2.45) is 0 Å². The van der Waals surface area contributed by atoms with Crippen molar-refractivity contribution in [1.82, 2.24) is 0 Å². The monoisotopic (exact) mass is 263 g/mol. The molecule has 1 aromatic rings. The van der Waals surface area contributed by atoms with Crippen LogP contribution in [0.5, 0.6) is 0 Å². The van der Waals surface area contributed by atoms with E-state index in [1.165, 1.54) is 4.90 Å². The van der Waals surface area contributed by atoms with Gasteiger partial charge >= 0.3 is 0 Å². The predicted molar refractivity (Wildman–Crippen MR) is 74.9 cm³/mol. The van der Waals surface area contributed by atoms with Crippen LogP contribution >= 0.6 is 11.8 Å². The third kappa shape index (κ3) is 2.29. The van der Waals surface area contributed by atoms with Crippen molar-refractivity contribution in [1.29, 1.82) is 0 Å². The highest BCUT2D eigenvalue weighted by Gasteiger charge is 2.39. The molecular formula is C14H17NO2S. The zero-order valence-electron chi connectivity index (χ0n) is 10.9. The van der Waals surface area contributed by atoms with Gasteiger partial charge in [0.1, 0.15) is 0 Å². The molecule has 2 amide bonds. The van der Waals surface area contributed by atoms with Crippen LogP contribution in [0.4, 0.5) is 5.69 Å². The molecule has 1 atom stereocenters. The zero-order chi connectivity index (χ0) is 13.3. The lowest BCUT2D eigenvalue weighted by molar-refractivity contribution is -0.121. The topological polar surface area (TPSA) is 37.4 Å². The molecule has 1 fully saturated rings. The molecule has 1 heterocycles. The highest BCUT2D eigenvalue weighted by molar-refractivity contribution is 8.00. The molecule has 96 valence electrons. The number of hydrogen-bond donors (Lipinski definition) is 0. The van der Waals surface area contributed by atoms with Crippen LogP contribution in [0.2, 0.25) is 0 Å². The van der Waals surface area contributed by atoms with Crippen molar-refractivity contribution < 1.29 is 9.59 Å². The minimum Gasteiger partial charge on any atom is -0.274 e. The molecule has 18 heavy (non-hydrogen) atoms. The van der Waals surface area contributed by atoms with Crippen LogP contribution in [0.15, 0.2) is 18.2 Å². The third-order valence-electron chi connectivity index (χ3n) is 3.08. The maximum Gasteiger partial charge on any atom is 0.247 e. The van der Waals surface area contributed by atoms with Crippen LogP contribution in [-0.2, 0) is 9.59 Å². The molecular weight excluding hydrogens is 246 g/mol. The third-order valence-corrected chi connectivity index (χ3v) is 4.18. The van der Waals surface area contributed by atoms with Crippen molar-refractivity contribution in [3.05, 3.63) is 29.3 Å². The lowest BCUT2D eigenvalue weighted by Crippen LogP contribution is -2.31. The second-order valence-corrected chi connectivity index (χ2v) is 5.99. The van der Waals surface area contributed by atoms with E-state index in [9.17, 15) is 9.59 Å². The summed E-state index contributed by atoms with van der Waals surface area (Å²) >= 11 is 1.55. The lowest BCUT2D eigenvalue weighted by atomic mass is 10.1. The summed E-state index contributed by atoms with van der Waals surface area (Å²) in [7, 11) is 0. The smallest absolute Gasteiger partial charge is 0.247 e. The Bertz CT molecular complexity index is 499. The Labute approximate surface area is 112 Å². The molecule has 1 saturated heterocycles. The van der Waals surface area contributed by atoms with Gasteiger partial charge in [-0.25, -0.2) is 4.90 Å². The van der Waals surface area contributed by atoms with Gasteiger partial charge in [-0.2, -0.15) is 0 Å². The fourth-order valence-electron chi connectivity index (χ4n) is 2.15. The number of carbonyl (C=O) groups is 2. The number of thioether (sulfide) groups is 1. The maximum absolute atomic E-state index is 12.3. The van der Waals surface area contributed by atoms with E-state index in [0.29, 0.717) is 6.42 Å². The first-order valence-electron chi connectivity index (χ1n) is 6.10. The van der Waals surface area contributed by atoms with Gasteiger partial charge in [0.2, 0.25) is 11.8 Å². The zero-order valence-corrected chi connectivity index (χ0v) is 11.7. The summed E-state index contributed by atoms with van der Waals surface area (Å²) in [5.41, 5.74) is 2.76. The van der Waals surface area contributed by atoms with Crippen LogP contribution in [0.25, 0.3) is 0 Å². The van der Waals surface area contributed by atoms with Gasteiger partial charge in [0.25, 0.3) is 0 Å². The van der Waals surface area contributed by atoms with Crippen LogP contribution in [0, 0.1) is 13.8 Å². The number of rotatable bonds is 3. The highest BCUT2D eigenvalue weighted by atomic mass is 32.2. The second kappa shape index (κ2) is 5.14. The standard InChI is InChI=1S/C14H17NO2S/c1-4-18-12-8-13(16)15(14(12)17)11-7-9(2)5-6-10(11)3/h5-7,12H,4,8H2,1-3H3/t12-/m0/s1. The lowest BCUT2D eigenvalue weighted by Gasteiger charge is -2.17. The Morgan fingerprint density at radius 2 is 2.06 bits per heavy atom. The van der Waals surface area contributed by atoms with E-state index in [1.54, 1.807) is 11.8 Å². The van der Waals surface area contributed by atoms with Crippen LogP contribution < -0.4 is 4.90 Å². The molecule has 0 unspecified atom stereocenters. The Morgan fingerprint density at radius 3 is 2.72 bits per heavy atom. The molecule has 4 heteroatoms. The molecule has 0 spiro atoms. The number of benzene rings is 1. The van der Waals surface area contributed by atoms with Crippen molar-refractivity contribution in [2.75, 3.05) is 10.7 Å². The summed E-state index contributed by atoms with van der Waals surface area (Å²) in [6.45, 7) is 5.89. The predicted octanol–water partition coefficient (Wildman–Crippen LogP) is 2.69. The summed E-state index contributed by atoms with van der Waals surface area (Å²) in [5, 5.41) is -0.206. The Balaban J connectivity index is 2.36. The largest absolute Gasteiger partial charge is 0.274 e. The van der Waals surface area contributed by atoms with Gasteiger partial charge in [-0.3, -0.25) is 9.59 Å². The van der Waals surface area contributed by atoms with E-state index in [0.717, 1.165) is 22.6 Å². The molecule has 1 aliphatic heterocycles. The van der Waals surface area contributed by atoms with Gasteiger partial charge in [-0.1, -0.05) is 19.1 Å². The van der Waals surface area contributed by atoms with Gasteiger partial charge in [-0.15, -0.1) is 11.8 Å². The normalized spacial score (nSPS) is 19.7. The molecule has 1 aliphatic rings. The van der Waals surface area contributed by atoms with E-state index in [4.69, 9.17) is 0 Å².